The summed E-state index contributed by atoms with van der Waals surface area (Å²) in [5.41, 5.74) is 2.92. The first kappa shape index (κ1) is 23.9. The van der Waals surface area contributed by atoms with Crippen molar-refractivity contribution in [3.8, 4) is 0 Å². The second-order valence-electron chi connectivity index (χ2n) is 9.75. The van der Waals surface area contributed by atoms with E-state index in [1.807, 2.05) is 0 Å². The molecule has 0 aromatic rings. The van der Waals surface area contributed by atoms with E-state index in [0.29, 0.717) is 17.4 Å². The number of ketones is 1. The summed E-state index contributed by atoms with van der Waals surface area (Å²) in [6.45, 7) is 16.2. The summed E-state index contributed by atoms with van der Waals surface area (Å²) < 4.78 is 18.3. The third kappa shape index (κ3) is 4.88. The molecular weight excluding hydrogens is 392 g/mol. The molecule has 0 aromatic carbocycles. The molecule has 31 heavy (non-hydrogen) atoms. The van der Waals surface area contributed by atoms with Crippen LogP contribution in [0.3, 0.4) is 0 Å². The average Bonchev–Trinajstić information content (AvgIpc) is 3.08. The fourth-order valence-electron chi connectivity index (χ4n) is 5.32. The van der Waals surface area contributed by atoms with Gasteiger partial charge in [0.05, 0.1) is 12.0 Å². The maximum atomic E-state index is 13.2. The summed E-state index contributed by atoms with van der Waals surface area (Å²) in [5, 5.41) is 0. The number of carbonyl (C=O) groups excluding carboxylic acids is 2. The van der Waals surface area contributed by atoms with Crippen molar-refractivity contribution in [1.29, 1.82) is 0 Å². The first-order chi connectivity index (χ1) is 14.6. The average molecular weight is 431 g/mol. The fourth-order valence-corrected chi connectivity index (χ4v) is 5.32. The number of ether oxygens (including phenoxy) is 3. The van der Waals surface area contributed by atoms with Crippen LogP contribution < -0.4 is 0 Å². The van der Waals surface area contributed by atoms with Gasteiger partial charge in [0, 0.05) is 11.5 Å². The molecule has 2 heterocycles. The van der Waals surface area contributed by atoms with Gasteiger partial charge in [0.2, 0.25) is 5.78 Å². The van der Waals surface area contributed by atoms with E-state index >= 15 is 0 Å². The van der Waals surface area contributed by atoms with Crippen molar-refractivity contribution in [2.75, 3.05) is 0 Å². The SMILES string of the molecule is C=C1CC/C=C(\C)CC[C@@H](C(C)C)[C@H]2[C@@H]3[C@H](O[C@H]12)O[C@H](C)C(=O)[C@H]3OC(=O)/C(C)=C\C. The molecule has 3 aliphatic rings. The smallest absolute Gasteiger partial charge is 0.334 e. The molecule has 0 saturated carbocycles. The molecule has 2 fully saturated rings. The third-order valence-corrected chi connectivity index (χ3v) is 7.33. The number of Topliss-reactive ketones (excluding diaryl/α,β-unsaturated/α-hetero) is 1. The van der Waals surface area contributed by atoms with Gasteiger partial charge in [-0.1, -0.05) is 38.2 Å². The van der Waals surface area contributed by atoms with Crippen molar-refractivity contribution >= 4 is 11.8 Å². The zero-order valence-electron chi connectivity index (χ0n) is 19.9. The van der Waals surface area contributed by atoms with Crippen LogP contribution in [0.25, 0.3) is 0 Å². The van der Waals surface area contributed by atoms with Gasteiger partial charge in [-0.2, -0.15) is 0 Å². The standard InChI is InChI=1S/C26H38O5/c1-8-16(5)25(28)30-24-21-20-19(14(2)3)13-12-15(4)10-9-11-17(6)23(20)31-26(21)29-18(7)22(24)27/h8,10,14,18-21,23-24,26H,6,9,11-13H2,1-5,7H3/b15-10+,16-8-/t18-,19+,20+,21+,23-,24+,26+/m1/s1. The second kappa shape index (κ2) is 9.83. The Hall–Kier alpha value is -1.72. The van der Waals surface area contributed by atoms with E-state index in [-0.39, 0.29) is 23.7 Å². The van der Waals surface area contributed by atoms with E-state index in [4.69, 9.17) is 14.2 Å². The summed E-state index contributed by atoms with van der Waals surface area (Å²) in [7, 11) is 0. The summed E-state index contributed by atoms with van der Waals surface area (Å²) >= 11 is 0. The van der Waals surface area contributed by atoms with Crippen LogP contribution in [0.4, 0.5) is 0 Å². The Morgan fingerprint density at radius 2 is 1.97 bits per heavy atom. The van der Waals surface area contributed by atoms with Crippen LogP contribution in [0.15, 0.2) is 35.5 Å². The number of hydrogen-bond donors (Lipinski definition) is 0. The summed E-state index contributed by atoms with van der Waals surface area (Å²) in [6, 6.07) is 0. The number of rotatable bonds is 3. The maximum Gasteiger partial charge on any atom is 0.334 e. The molecule has 3 rings (SSSR count). The van der Waals surface area contributed by atoms with E-state index in [2.05, 4.69) is 33.4 Å². The van der Waals surface area contributed by atoms with Crippen molar-refractivity contribution in [3.63, 3.8) is 0 Å². The normalized spacial score (nSPS) is 38.9. The van der Waals surface area contributed by atoms with E-state index in [9.17, 15) is 9.59 Å². The second-order valence-corrected chi connectivity index (χ2v) is 9.75. The third-order valence-electron chi connectivity index (χ3n) is 7.33. The van der Waals surface area contributed by atoms with E-state index in [1.165, 1.54) is 5.57 Å². The number of carbonyl (C=O) groups is 2. The van der Waals surface area contributed by atoms with Crippen LogP contribution in [0.1, 0.15) is 67.2 Å². The highest BCUT2D eigenvalue weighted by molar-refractivity contribution is 5.93. The lowest BCUT2D eigenvalue weighted by molar-refractivity contribution is -0.217. The van der Waals surface area contributed by atoms with Crippen molar-refractivity contribution < 1.29 is 23.8 Å². The highest BCUT2D eigenvalue weighted by Gasteiger charge is 2.59. The molecule has 0 radical (unpaired) electrons. The first-order valence-electron chi connectivity index (χ1n) is 11.7. The Balaban J connectivity index is 2.02. The summed E-state index contributed by atoms with van der Waals surface area (Å²) in [5.74, 6) is -0.247. The Labute approximate surface area is 186 Å². The molecule has 0 unspecified atom stereocenters. The van der Waals surface area contributed by atoms with Gasteiger partial charge in [-0.3, -0.25) is 4.79 Å². The van der Waals surface area contributed by atoms with Gasteiger partial charge in [0.1, 0.15) is 6.10 Å². The molecule has 172 valence electrons. The van der Waals surface area contributed by atoms with Crippen molar-refractivity contribution in [2.45, 2.75) is 91.8 Å². The van der Waals surface area contributed by atoms with Gasteiger partial charge in [-0.25, -0.2) is 4.79 Å². The van der Waals surface area contributed by atoms with Gasteiger partial charge in [-0.15, -0.1) is 0 Å². The fraction of sp³-hybridized carbons (Fsp3) is 0.692. The lowest BCUT2D eigenvalue weighted by Crippen LogP contribution is -2.53. The number of esters is 1. The van der Waals surface area contributed by atoms with Crippen LogP contribution in [-0.4, -0.2) is 36.4 Å². The molecule has 2 saturated heterocycles. The molecule has 2 aliphatic heterocycles. The molecule has 1 aliphatic carbocycles. The lowest BCUT2D eigenvalue weighted by atomic mass is 9.67. The number of allylic oxidation sites excluding steroid dienone is 3. The molecule has 0 amide bonds. The monoisotopic (exact) mass is 430 g/mol. The molecule has 0 aromatic heterocycles. The van der Waals surface area contributed by atoms with Crippen molar-refractivity contribution in [3.05, 3.63) is 35.5 Å². The Bertz CT molecular complexity index is 777. The highest BCUT2D eigenvalue weighted by atomic mass is 16.7. The molecule has 5 nitrogen and oxygen atoms in total. The molecule has 0 spiro atoms. The van der Waals surface area contributed by atoms with Crippen molar-refractivity contribution in [2.24, 2.45) is 23.7 Å². The zero-order valence-corrected chi connectivity index (χ0v) is 19.9. The van der Waals surface area contributed by atoms with E-state index < -0.39 is 24.5 Å². The number of fused-ring (bicyclic) bond motifs is 3. The Morgan fingerprint density at radius 3 is 2.61 bits per heavy atom. The maximum absolute atomic E-state index is 13.2. The first-order valence-corrected chi connectivity index (χ1v) is 11.7. The quantitative estimate of drug-likeness (QED) is 0.352. The Morgan fingerprint density at radius 1 is 1.26 bits per heavy atom. The highest BCUT2D eigenvalue weighted by Crippen LogP contribution is 2.50. The van der Waals surface area contributed by atoms with Gasteiger partial charge < -0.3 is 14.2 Å². The predicted molar refractivity (Wildman–Crippen MR) is 120 cm³/mol. The van der Waals surface area contributed by atoms with Gasteiger partial charge in [0.15, 0.2) is 12.4 Å². The van der Waals surface area contributed by atoms with Crippen LogP contribution in [-0.2, 0) is 23.8 Å². The molecule has 5 heteroatoms. The minimum atomic E-state index is -0.861. The predicted octanol–water partition coefficient (Wildman–Crippen LogP) is 5.16. The molecule has 0 bridgehead atoms. The van der Waals surface area contributed by atoms with Crippen LogP contribution in [0.2, 0.25) is 0 Å². The van der Waals surface area contributed by atoms with Crippen LogP contribution >= 0.6 is 0 Å². The summed E-state index contributed by atoms with van der Waals surface area (Å²) in [6.07, 6.45) is 5.51. The minimum absolute atomic E-state index is 0.0172. The molecule has 0 N–H and O–H groups in total. The van der Waals surface area contributed by atoms with Gasteiger partial charge >= 0.3 is 5.97 Å². The molecular formula is C26H38O5. The van der Waals surface area contributed by atoms with Crippen LogP contribution in [0.5, 0.6) is 0 Å². The van der Waals surface area contributed by atoms with Gasteiger partial charge in [0.25, 0.3) is 0 Å². The van der Waals surface area contributed by atoms with Crippen LogP contribution in [0, 0.1) is 23.7 Å². The topological polar surface area (TPSA) is 61.8 Å². The summed E-state index contributed by atoms with van der Waals surface area (Å²) in [4.78, 5) is 25.8. The van der Waals surface area contributed by atoms with E-state index in [0.717, 1.165) is 31.3 Å². The minimum Gasteiger partial charge on any atom is -0.450 e. The number of hydrogen-bond acceptors (Lipinski definition) is 5. The zero-order chi connectivity index (χ0) is 22.9. The van der Waals surface area contributed by atoms with Crippen molar-refractivity contribution in [1.82, 2.24) is 0 Å². The van der Waals surface area contributed by atoms with E-state index in [1.54, 1.807) is 26.8 Å². The molecule has 7 atom stereocenters. The lowest BCUT2D eigenvalue weighted by Gasteiger charge is -2.40. The Kier molecular flexibility index (Phi) is 7.59. The largest absolute Gasteiger partial charge is 0.450 e. The van der Waals surface area contributed by atoms with Gasteiger partial charge in [-0.05, 0) is 70.8 Å².